The van der Waals surface area contributed by atoms with Gasteiger partial charge in [0.15, 0.2) is 5.82 Å². The summed E-state index contributed by atoms with van der Waals surface area (Å²) < 4.78 is 1.90. The van der Waals surface area contributed by atoms with Gasteiger partial charge in [0, 0.05) is 6.54 Å². The van der Waals surface area contributed by atoms with E-state index >= 15 is 0 Å². The molecule has 0 aliphatic rings. The van der Waals surface area contributed by atoms with Crippen molar-refractivity contribution >= 4 is 0 Å². The molecule has 0 aliphatic carbocycles. The number of tetrazole rings is 1. The smallest absolute Gasteiger partial charge is 0.165 e. The predicted octanol–water partition coefficient (Wildman–Crippen LogP) is 1.61. The lowest BCUT2D eigenvalue weighted by molar-refractivity contribution is 0.334. The Balaban J connectivity index is 2.44. The van der Waals surface area contributed by atoms with Gasteiger partial charge in [-0.15, -0.1) is 5.10 Å². The molecule has 1 rings (SSSR count). The molecular formula is C11H23N5. The molecule has 0 saturated carbocycles. The van der Waals surface area contributed by atoms with Crippen LogP contribution in [-0.2, 0) is 13.1 Å². The van der Waals surface area contributed by atoms with Crippen molar-refractivity contribution in [3.63, 3.8) is 0 Å². The van der Waals surface area contributed by atoms with Crippen LogP contribution >= 0.6 is 0 Å². The van der Waals surface area contributed by atoms with Gasteiger partial charge in [0.2, 0.25) is 0 Å². The summed E-state index contributed by atoms with van der Waals surface area (Å²) in [7, 11) is 0. The molecule has 0 radical (unpaired) electrons. The van der Waals surface area contributed by atoms with Crippen LogP contribution < -0.4 is 5.32 Å². The number of nitrogens with zero attached hydrogens (tertiary/aromatic N) is 4. The van der Waals surface area contributed by atoms with Crippen LogP contribution in [0.4, 0.5) is 0 Å². The lowest BCUT2D eigenvalue weighted by atomic mass is 9.92. The predicted molar refractivity (Wildman–Crippen MR) is 63.9 cm³/mol. The molecule has 0 bridgehead atoms. The average molecular weight is 225 g/mol. The van der Waals surface area contributed by atoms with Crippen molar-refractivity contribution in [3.05, 3.63) is 5.82 Å². The lowest BCUT2D eigenvalue weighted by Gasteiger charge is -2.17. The Hall–Kier alpha value is -0.970. The molecule has 0 saturated heterocycles. The molecule has 16 heavy (non-hydrogen) atoms. The zero-order valence-corrected chi connectivity index (χ0v) is 10.8. The monoisotopic (exact) mass is 225 g/mol. The molecule has 1 aromatic rings. The molecule has 0 aromatic carbocycles. The third kappa shape index (κ3) is 4.70. The standard InChI is InChI=1S/C11H23N5/c1-5-7-12-9-10-13-14-15-16(10)8-6-11(2,3)4/h12H,5-9H2,1-4H3. The van der Waals surface area contributed by atoms with E-state index in [4.69, 9.17) is 0 Å². The summed E-state index contributed by atoms with van der Waals surface area (Å²) in [5.74, 6) is 0.928. The van der Waals surface area contributed by atoms with E-state index in [1.54, 1.807) is 0 Å². The van der Waals surface area contributed by atoms with Crippen molar-refractivity contribution in [3.8, 4) is 0 Å². The maximum atomic E-state index is 4.03. The van der Waals surface area contributed by atoms with Gasteiger partial charge in [-0.05, 0) is 35.2 Å². The highest BCUT2D eigenvalue weighted by atomic mass is 15.5. The van der Waals surface area contributed by atoms with E-state index in [1.165, 1.54) is 0 Å². The van der Waals surface area contributed by atoms with E-state index in [2.05, 4.69) is 48.5 Å². The second-order valence-electron chi connectivity index (χ2n) is 5.31. The van der Waals surface area contributed by atoms with E-state index in [1.807, 2.05) is 4.68 Å². The van der Waals surface area contributed by atoms with Gasteiger partial charge in [0.1, 0.15) is 0 Å². The Bertz CT molecular complexity index is 300. The summed E-state index contributed by atoms with van der Waals surface area (Å²) in [6.07, 6.45) is 2.21. The average Bonchev–Trinajstić information content (AvgIpc) is 2.62. The number of aryl methyl sites for hydroxylation is 1. The highest BCUT2D eigenvalue weighted by Crippen LogP contribution is 2.19. The SMILES string of the molecule is CCCNCc1nnnn1CCC(C)(C)C. The maximum absolute atomic E-state index is 4.03. The molecule has 1 aromatic heterocycles. The fourth-order valence-electron chi connectivity index (χ4n) is 1.34. The lowest BCUT2D eigenvalue weighted by Crippen LogP contribution is -2.19. The van der Waals surface area contributed by atoms with Gasteiger partial charge in [-0.1, -0.05) is 27.7 Å². The first-order chi connectivity index (χ1) is 7.53. The summed E-state index contributed by atoms with van der Waals surface area (Å²) >= 11 is 0. The van der Waals surface area contributed by atoms with E-state index < -0.39 is 0 Å². The normalized spacial score (nSPS) is 12.0. The van der Waals surface area contributed by atoms with Gasteiger partial charge in [-0.25, -0.2) is 4.68 Å². The second-order valence-corrected chi connectivity index (χ2v) is 5.31. The number of rotatable bonds is 6. The van der Waals surface area contributed by atoms with Crippen LogP contribution in [0.25, 0.3) is 0 Å². The highest BCUT2D eigenvalue weighted by molar-refractivity contribution is 4.80. The molecule has 0 amide bonds. The third-order valence-electron chi connectivity index (χ3n) is 2.39. The zero-order valence-electron chi connectivity index (χ0n) is 10.8. The van der Waals surface area contributed by atoms with Crippen molar-refractivity contribution in [2.75, 3.05) is 6.54 Å². The van der Waals surface area contributed by atoms with Crippen LogP contribution in [0.2, 0.25) is 0 Å². The molecule has 92 valence electrons. The van der Waals surface area contributed by atoms with E-state index in [-0.39, 0.29) is 0 Å². The third-order valence-corrected chi connectivity index (χ3v) is 2.39. The minimum absolute atomic E-state index is 0.320. The fraction of sp³-hybridized carbons (Fsp3) is 0.909. The van der Waals surface area contributed by atoms with Crippen molar-refractivity contribution in [1.82, 2.24) is 25.5 Å². The molecule has 5 nitrogen and oxygen atoms in total. The van der Waals surface area contributed by atoms with Gasteiger partial charge in [0.25, 0.3) is 0 Å². The first kappa shape index (κ1) is 13.1. The van der Waals surface area contributed by atoms with Gasteiger partial charge in [-0.2, -0.15) is 0 Å². The van der Waals surface area contributed by atoms with Crippen LogP contribution in [0.1, 0.15) is 46.4 Å². The molecule has 0 aliphatic heterocycles. The molecule has 0 unspecified atom stereocenters. The molecule has 1 N–H and O–H groups in total. The van der Waals surface area contributed by atoms with Crippen LogP contribution in [0.15, 0.2) is 0 Å². The number of hydrogen-bond donors (Lipinski definition) is 1. The summed E-state index contributed by atoms with van der Waals surface area (Å²) in [5, 5.41) is 15.1. The largest absolute Gasteiger partial charge is 0.310 e. The van der Waals surface area contributed by atoms with Crippen LogP contribution in [-0.4, -0.2) is 26.8 Å². The number of hydrogen-bond acceptors (Lipinski definition) is 4. The van der Waals surface area contributed by atoms with Gasteiger partial charge < -0.3 is 5.32 Å². The number of nitrogens with one attached hydrogen (secondary N) is 1. The summed E-state index contributed by atoms with van der Waals surface area (Å²) in [5.41, 5.74) is 0.320. The molecule has 1 heterocycles. The van der Waals surface area contributed by atoms with E-state index in [0.717, 1.165) is 38.3 Å². The fourth-order valence-corrected chi connectivity index (χ4v) is 1.34. The zero-order chi connectivity index (χ0) is 12.0. The Labute approximate surface area is 97.6 Å². The minimum Gasteiger partial charge on any atom is -0.310 e. The van der Waals surface area contributed by atoms with Crippen molar-refractivity contribution in [2.45, 2.75) is 53.6 Å². The second kappa shape index (κ2) is 5.94. The summed E-state index contributed by atoms with van der Waals surface area (Å²) in [4.78, 5) is 0. The first-order valence-electron chi connectivity index (χ1n) is 5.98. The van der Waals surface area contributed by atoms with E-state index in [9.17, 15) is 0 Å². The number of aromatic nitrogens is 4. The van der Waals surface area contributed by atoms with Crippen LogP contribution in [0, 0.1) is 5.41 Å². The molecule has 0 atom stereocenters. The summed E-state index contributed by atoms with van der Waals surface area (Å²) in [6, 6.07) is 0. The Kier molecular flexibility index (Phi) is 4.86. The van der Waals surface area contributed by atoms with Gasteiger partial charge in [-0.3, -0.25) is 0 Å². The quantitative estimate of drug-likeness (QED) is 0.747. The Morgan fingerprint density at radius 2 is 2.06 bits per heavy atom. The molecule has 0 spiro atoms. The molecule has 5 heteroatoms. The Morgan fingerprint density at radius 3 is 2.69 bits per heavy atom. The highest BCUT2D eigenvalue weighted by Gasteiger charge is 2.12. The van der Waals surface area contributed by atoms with Crippen LogP contribution in [0.5, 0.6) is 0 Å². The van der Waals surface area contributed by atoms with Gasteiger partial charge in [0.05, 0.1) is 6.54 Å². The molecular weight excluding hydrogens is 202 g/mol. The van der Waals surface area contributed by atoms with Crippen molar-refractivity contribution < 1.29 is 0 Å². The first-order valence-corrected chi connectivity index (χ1v) is 5.98. The van der Waals surface area contributed by atoms with Crippen molar-refractivity contribution in [1.29, 1.82) is 0 Å². The van der Waals surface area contributed by atoms with Crippen molar-refractivity contribution in [2.24, 2.45) is 5.41 Å². The molecule has 0 fully saturated rings. The minimum atomic E-state index is 0.320. The Morgan fingerprint density at radius 1 is 1.31 bits per heavy atom. The van der Waals surface area contributed by atoms with Crippen LogP contribution in [0.3, 0.4) is 0 Å². The summed E-state index contributed by atoms with van der Waals surface area (Å²) in [6.45, 7) is 11.5. The van der Waals surface area contributed by atoms with E-state index in [0.29, 0.717) is 5.41 Å². The topological polar surface area (TPSA) is 55.6 Å². The van der Waals surface area contributed by atoms with Gasteiger partial charge >= 0.3 is 0 Å². The maximum Gasteiger partial charge on any atom is 0.165 e.